The van der Waals surface area contributed by atoms with Crippen LogP contribution in [-0.4, -0.2) is 4.57 Å². The molecule has 1 aromatic heterocycles. The van der Waals surface area contributed by atoms with Gasteiger partial charge in [-0.05, 0) is 30.3 Å². The maximum atomic E-state index is 5.35. The molecule has 2 nitrogen and oxygen atoms in total. The van der Waals surface area contributed by atoms with Crippen molar-refractivity contribution in [3.05, 3.63) is 53.9 Å². The lowest BCUT2D eigenvalue weighted by atomic mass is 10.2. The van der Waals surface area contributed by atoms with Crippen molar-refractivity contribution >= 4 is 5.69 Å². The van der Waals surface area contributed by atoms with Crippen LogP contribution in [0.1, 0.15) is 11.3 Å². The summed E-state index contributed by atoms with van der Waals surface area (Å²) in [5.41, 5.74) is 3.19. The molecule has 1 heterocycles. The summed E-state index contributed by atoms with van der Waals surface area (Å²) in [4.78, 5) is 0. The average Bonchev–Trinajstić information content (AvgIpc) is 2.72. The number of hydrogen-bond donors (Lipinski definition) is 1. The first-order valence-corrected chi connectivity index (χ1v) is 5.20. The Kier molecular flexibility index (Phi) is 2.98. The molecule has 16 heavy (non-hydrogen) atoms. The van der Waals surface area contributed by atoms with E-state index in [-0.39, 0.29) is 0 Å². The zero-order valence-corrected chi connectivity index (χ0v) is 9.27. The third-order valence-electron chi connectivity index (χ3n) is 2.55. The fourth-order valence-corrected chi connectivity index (χ4v) is 1.59. The van der Waals surface area contributed by atoms with E-state index in [9.17, 15) is 0 Å². The fraction of sp³-hybridized carbons (Fsp3) is 0.143. The van der Waals surface area contributed by atoms with Crippen molar-refractivity contribution < 1.29 is 0 Å². The molecule has 80 valence electrons. The first-order chi connectivity index (χ1) is 7.79. The Labute approximate surface area is 95.9 Å². The Bertz CT molecular complexity index is 518. The molecule has 0 saturated heterocycles. The summed E-state index contributed by atoms with van der Waals surface area (Å²) in [7, 11) is 2.04. The Morgan fingerprint density at radius 3 is 2.88 bits per heavy atom. The molecule has 2 rings (SSSR count). The minimum Gasteiger partial charge on any atom is -0.379 e. The van der Waals surface area contributed by atoms with Gasteiger partial charge in [0.1, 0.15) is 0 Å². The van der Waals surface area contributed by atoms with Crippen LogP contribution >= 0.6 is 0 Å². The first-order valence-electron chi connectivity index (χ1n) is 5.20. The van der Waals surface area contributed by atoms with Crippen LogP contribution < -0.4 is 5.32 Å². The van der Waals surface area contributed by atoms with E-state index in [0.29, 0.717) is 0 Å². The number of nitrogens with zero attached hydrogens (tertiary/aromatic N) is 1. The maximum absolute atomic E-state index is 5.35. The average molecular weight is 210 g/mol. The van der Waals surface area contributed by atoms with Crippen LogP contribution in [0.15, 0.2) is 42.6 Å². The number of aromatic nitrogens is 1. The number of anilines is 1. The van der Waals surface area contributed by atoms with Crippen LogP contribution in [0.25, 0.3) is 0 Å². The quantitative estimate of drug-likeness (QED) is 0.771. The Morgan fingerprint density at radius 2 is 2.19 bits per heavy atom. The summed E-state index contributed by atoms with van der Waals surface area (Å²) in [5.74, 6) is 2.63. The van der Waals surface area contributed by atoms with Gasteiger partial charge in [0, 0.05) is 30.2 Å². The highest BCUT2D eigenvalue weighted by Gasteiger charge is 1.97. The predicted molar refractivity (Wildman–Crippen MR) is 67.1 cm³/mol. The molecule has 0 aliphatic carbocycles. The Morgan fingerprint density at radius 1 is 1.31 bits per heavy atom. The van der Waals surface area contributed by atoms with Crippen molar-refractivity contribution in [3.8, 4) is 12.3 Å². The molecule has 0 fully saturated rings. The molecule has 0 spiro atoms. The lowest BCUT2D eigenvalue weighted by molar-refractivity contribution is 0.842. The first kappa shape index (κ1) is 10.4. The molecule has 0 aliphatic heterocycles. The van der Waals surface area contributed by atoms with Gasteiger partial charge in [-0.1, -0.05) is 12.0 Å². The van der Waals surface area contributed by atoms with Gasteiger partial charge in [-0.2, -0.15) is 0 Å². The number of terminal acetylenes is 1. The van der Waals surface area contributed by atoms with E-state index in [0.717, 1.165) is 17.8 Å². The van der Waals surface area contributed by atoms with Gasteiger partial charge in [-0.15, -0.1) is 6.42 Å². The van der Waals surface area contributed by atoms with Gasteiger partial charge in [0.15, 0.2) is 0 Å². The third-order valence-corrected chi connectivity index (χ3v) is 2.55. The van der Waals surface area contributed by atoms with E-state index in [1.807, 2.05) is 43.6 Å². The van der Waals surface area contributed by atoms with Crippen LogP contribution in [0, 0.1) is 12.3 Å². The minimum atomic E-state index is 0.803. The smallest absolute Gasteiger partial charge is 0.0553 e. The number of hydrogen-bond acceptors (Lipinski definition) is 1. The van der Waals surface area contributed by atoms with Crippen LogP contribution in [0.4, 0.5) is 5.69 Å². The topological polar surface area (TPSA) is 17.0 Å². The summed E-state index contributed by atoms with van der Waals surface area (Å²) < 4.78 is 2.10. The van der Waals surface area contributed by atoms with Crippen LogP contribution in [-0.2, 0) is 13.6 Å². The lowest BCUT2D eigenvalue weighted by Crippen LogP contribution is -2.03. The van der Waals surface area contributed by atoms with E-state index >= 15 is 0 Å². The zero-order chi connectivity index (χ0) is 11.4. The SMILES string of the molecule is C#Cc1cccc(NCc2cccn2C)c1. The summed E-state index contributed by atoms with van der Waals surface area (Å²) in [6.07, 6.45) is 7.39. The van der Waals surface area contributed by atoms with Gasteiger partial charge in [-0.25, -0.2) is 0 Å². The van der Waals surface area contributed by atoms with Crippen molar-refractivity contribution in [2.45, 2.75) is 6.54 Å². The monoisotopic (exact) mass is 210 g/mol. The van der Waals surface area contributed by atoms with E-state index in [1.54, 1.807) is 0 Å². The molecule has 0 unspecified atom stereocenters. The van der Waals surface area contributed by atoms with E-state index < -0.39 is 0 Å². The molecular weight excluding hydrogens is 196 g/mol. The molecule has 1 aromatic carbocycles. The normalized spacial score (nSPS) is 9.75. The highest BCUT2D eigenvalue weighted by molar-refractivity contribution is 5.50. The van der Waals surface area contributed by atoms with Crippen molar-refractivity contribution in [3.63, 3.8) is 0 Å². The lowest BCUT2D eigenvalue weighted by Gasteiger charge is -2.07. The van der Waals surface area contributed by atoms with E-state index in [4.69, 9.17) is 6.42 Å². The minimum absolute atomic E-state index is 0.803. The molecule has 2 heteroatoms. The summed E-state index contributed by atoms with van der Waals surface area (Å²) in [6.45, 7) is 0.803. The van der Waals surface area contributed by atoms with E-state index in [1.165, 1.54) is 5.69 Å². The molecule has 0 aliphatic rings. The van der Waals surface area contributed by atoms with Crippen LogP contribution in [0.5, 0.6) is 0 Å². The Hall–Kier alpha value is -2.14. The van der Waals surface area contributed by atoms with Crippen molar-refractivity contribution in [1.29, 1.82) is 0 Å². The van der Waals surface area contributed by atoms with Crippen molar-refractivity contribution in [2.75, 3.05) is 5.32 Å². The van der Waals surface area contributed by atoms with Crippen molar-refractivity contribution in [1.82, 2.24) is 4.57 Å². The number of aryl methyl sites for hydroxylation is 1. The largest absolute Gasteiger partial charge is 0.379 e. The fourth-order valence-electron chi connectivity index (χ4n) is 1.59. The van der Waals surface area contributed by atoms with Crippen molar-refractivity contribution in [2.24, 2.45) is 7.05 Å². The number of benzene rings is 1. The van der Waals surface area contributed by atoms with Gasteiger partial charge in [0.25, 0.3) is 0 Å². The molecule has 0 radical (unpaired) electrons. The van der Waals surface area contributed by atoms with E-state index in [2.05, 4.69) is 21.9 Å². The molecule has 0 saturated carbocycles. The standard InChI is InChI=1S/C14H14N2/c1-3-12-6-4-7-13(10-12)15-11-14-8-5-9-16(14)2/h1,4-10,15H,11H2,2H3. The number of nitrogens with one attached hydrogen (secondary N) is 1. The maximum Gasteiger partial charge on any atom is 0.0553 e. The number of rotatable bonds is 3. The van der Waals surface area contributed by atoms with Gasteiger partial charge >= 0.3 is 0 Å². The third kappa shape index (κ3) is 2.26. The second-order valence-corrected chi connectivity index (χ2v) is 3.69. The summed E-state index contributed by atoms with van der Waals surface area (Å²) in [5, 5.41) is 3.35. The second kappa shape index (κ2) is 4.59. The molecular formula is C14H14N2. The Balaban J connectivity index is 2.05. The van der Waals surface area contributed by atoms with Gasteiger partial charge in [0.2, 0.25) is 0 Å². The molecule has 0 bridgehead atoms. The van der Waals surface area contributed by atoms with Crippen LogP contribution in [0.2, 0.25) is 0 Å². The molecule has 1 N–H and O–H groups in total. The van der Waals surface area contributed by atoms with Gasteiger partial charge < -0.3 is 9.88 Å². The highest BCUT2D eigenvalue weighted by atomic mass is 15.0. The summed E-state index contributed by atoms with van der Waals surface area (Å²) in [6, 6.07) is 12.0. The van der Waals surface area contributed by atoms with Gasteiger partial charge in [-0.3, -0.25) is 0 Å². The zero-order valence-electron chi connectivity index (χ0n) is 9.27. The highest BCUT2D eigenvalue weighted by Crippen LogP contribution is 2.11. The summed E-state index contributed by atoms with van der Waals surface area (Å²) >= 11 is 0. The van der Waals surface area contributed by atoms with Gasteiger partial charge in [0.05, 0.1) is 6.54 Å². The second-order valence-electron chi connectivity index (χ2n) is 3.69. The molecule has 2 aromatic rings. The predicted octanol–water partition coefficient (Wildman–Crippen LogP) is 2.62. The molecule has 0 amide bonds. The van der Waals surface area contributed by atoms with Crippen LogP contribution in [0.3, 0.4) is 0 Å². The molecule has 0 atom stereocenters.